The third kappa shape index (κ3) is 12.4. The second-order valence-electron chi connectivity index (χ2n) is 7.24. The minimum Gasteiger partial charge on any atom is -0.465 e. The minimum atomic E-state index is -0.907. The van der Waals surface area contributed by atoms with Crippen molar-refractivity contribution < 1.29 is 15.0 Å². The van der Waals surface area contributed by atoms with E-state index in [1.807, 2.05) is 6.08 Å². The third-order valence-electron chi connectivity index (χ3n) is 4.40. The van der Waals surface area contributed by atoms with Crippen LogP contribution < -0.4 is 5.73 Å². The van der Waals surface area contributed by atoms with Crippen molar-refractivity contribution in [3.8, 4) is 0 Å². The number of rotatable bonds is 11. The molecule has 0 saturated heterocycles. The van der Waals surface area contributed by atoms with Crippen LogP contribution in [0.25, 0.3) is 0 Å². The third-order valence-corrected chi connectivity index (χ3v) is 4.40. The van der Waals surface area contributed by atoms with Crippen LogP contribution in [0.3, 0.4) is 0 Å². The van der Waals surface area contributed by atoms with E-state index in [9.17, 15) is 9.90 Å². The van der Waals surface area contributed by atoms with Crippen molar-refractivity contribution in [3.63, 3.8) is 0 Å². The van der Waals surface area contributed by atoms with Crippen molar-refractivity contribution in [2.75, 3.05) is 27.2 Å². The van der Waals surface area contributed by atoms with E-state index in [-0.39, 0.29) is 5.84 Å². The number of hydrogen-bond donors (Lipinski definition) is 3. The topological polar surface area (TPSA) is 102 Å². The maximum atomic E-state index is 10.1. The van der Waals surface area contributed by atoms with E-state index in [1.165, 1.54) is 65.5 Å². The molecule has 0 spiro atoms. The zero-order valence-electron chi connectivity index (χ0n) is 18.1. The van der Waals surface area contributed by atoms with Crippen LogP contribution in [-0.4, -0.2) is 65.2 Å². The summed E-state index contributed by atoms with van der Waals surface area (Å²) in [6, 6.07) is 0. The van der Waals surface area contributed by atoms with Crippen LogP contribution in [-0.2, 0) is 0 Å². The van der Waals surface area contributed by atoms with Gasteiger partial charge in [-0.25, -0.2) is 9.79 Å². The fourth-order valence-electron chi connectivity index (χ4n) is 2.59. The highest BCUT2D eigenvalue weighted by Crippen LogP contribution is 2.13. The molecule has 1 atom stereocenters. The Kier molecular flexibility index (Phi) is 14.8. The van der Waals surface area contributed by atoms with Gasteiger partial charge in [0.25, 0.3) is 0 Å². The molecular formula is C21H40N4O3. The quantitative estimate of drug-likeness (QED) is 0.461. The van der Waals surface area contributed by atoms with E-state index in [0.717, 1.165) is 23.6 Å². The predicted molar refractivity (Wildman–Crippen MR) is 116 cm³/mol. The fourth-order valence-corrected chi connectivity index (χ4v) is 2.59. The summed E-state index contributed by atoms with van der Waals surface area (Å²) >= 11 is 0. The van der Waals surface area contributed by atoms with E-state index < -0.39 is 12.2 Å². The smallest absolute Gasteiger partial charge is 0.406 e. The van der Waals surface area contributed by atoms with Gasteiger partial charge in [-0.1, -0.05) is 52.4 Å². The molecule has 1 amide bonds. The number of hydrogen-bond acceptors (Lipinski definition) is 5. The lowest BCUT2D eigenvalue weighted by atomic mass is 10.1. The molecule has 0 radical (unpaired) electrons. The van der Waals surface area contributed by atoms with Crippen LogP contribution in [0.4, 0.5) is 4.79 Å². The fraction of sp³-hybridized carbons (Fsp3) is 0.714. The van der Waals surface area contributed by atoms with Crippen molar-refractivity contribution >= 4 is 11.9 Å². The van der Waals surface area contributed by atoms with Crippen molar-refractivity contribution in [2.45, 2.75) is 71.3 Å². The van der Waals surface area contributed by atoms with Crippen LogP contribution in [0.15, 0.2) is 29.0 Å². The molecule has 1 rings (SSSR count). The molecular weight excluding hydrogens is 356 g/mol. The number of aliphatic hydroxyl groups is 1. The maximum Gasteiger partial charge on any atom is 0.406 e. The van der Waals surface area contributed by atoms with Crippen LogP contribution in [0, 0.1) is 0 Å². The van der Waals surface area contributed by atoms with E-state index in [4.69, 9.17) is 10.8 Å². The molecule has 1 aliphatic heterocycles. The van der Waals surface area contributed by atoms with Crippen LogP contribution in [0.1, 0.15) is 65.2 Å². The van der Waals surface area contributed by atoms with Crippen LogP contribution >= 0.6 is 0 Å². The molecule has 7 heteroatoms. The van der Waals surface area contributed by atoms with Gasteiger partial charge in [0.1, 0.15) is 11.9 Å². The molecule has 162 valence electrons. The van der Waals surface area contributed by atoms with Gasteiger partial charge in [-0.2, -0.15) is 0 Å². The number of nitrogens with zero attached hydrogens (tertiary/aromatic N) is 3. The molecule has 4 N–H and O–H groups in total. The lowest BCUT2D eigenvalue weighted by Crippen LogP contribution is -2.33. The highest BCUT2D eigenvalue weighted by molar-refractivity contribution is 5.89. The second kappa shape index (κ2) is 16.0. The highest BCUT2D eigenvalue weighted by Gasteiger charge is 2.16. The summed E-state index contributed by atoms with van der Waals surface area (Å²) in [5.74, 6) is 0.283. The Balaban J connectivity index is 0.00000105. The number of amidine groups is 1. The van der Waals surface area contributed by atoms with Crippen LogP contribution in [0.2, 0.25) is 0 Å². The van der Waals surface area contributed by atoms with Gasteiger partial charge >= 0.3 is 6.09 Å². The first-order valence-corrected chi connectivity index (χ1v) is 10.4. The monoisotopic (exact) mass is 396 g/mol. The van der Waals surface area contributed by atoms with Gasteiger partial charge in [0, 0.05) is 45.2 Å². The number of carboxylic acid groups (broad SMARTS) is 1. The first kappa shape index (κ1) is 26.0. The molecule has 0 aliphatic carbocycles. The highest BCUT2D eigenvalue weighted by atomic mass is 16.4. The lowest BCUT2D eigenvalue weighted by molar-refractivity contribution is 0.165. The predicted octanol–water partition coefficient (Wildman–Crippen LogP) is 3.80. The van der Waals surface area contributed by atoms with E-state index >= 15 is 0 Å². The first-order chi connectivity index (χ1) is 13.3. The minimum absolute atomic E-state index is 0.283. The van der Waals surface area contributed by atoms with E-state index in [2.05, 4.69) is 29.9 Å². The van der Waals surface area contributed by atoms with Gasteiger partial charge in [0.05, 0.1) is 0 Å². The molecule has 7 nitrogen and oxygen atoms in total. The van der Waals surface area contributed by atoms with Crippen molar-refractivity contribution in [3.05, 3.63) is 24.0 Å². The first-order valence-electron chi connectivity index (χ1n) is 10.4. The van der Waals surface area contributed by atoms with Gasteiger partial charge in [-0.3, -0.25) is 0 Å². The number of amides is 1. The second-order valence-corrected chi connectivity index (χ2v) is 7.24. The van der Waals surface area contributed by atoms with Gasteiger partial charge in [0.2, 0.25) is 0 Å². The summed E-state index contributed by atoms with van der Waals surface area (Å²) in [7, 11) is 2.95. The summed E-state index contributed by atoms with van der Waals surface area (Å²) in [6.45, 7) is 6.56. The summed E-state index contributed by atoms with van der Waals surface area (Å²) in [4.78, 5) is 17.0. The molecule has 0 bridgehead atoms. The molecule has 0 saturated carbocycles. The Labute approximate surface area is 170 Å². The summed E-state index contributed by atoms with van der Waals surface area (Å²) in [5, 5.41) is 18.0. The SMILES string of the molecule is CCCCCCN(C=C1C=CN=C(N)C1O)CCCCCC.CN(C)C(=O)O. The average molecular weight is 397 g/mol. The average Bonchev–Trinajstić information content (AvgIpc) is 2.66. The zero-order valence-corrected chi connectivity index (χ0v) is 18.1. The van der Waals surface area contributed by atoms with Gasteiger partial charge in [-0.15, -0.1) is 0 Å². The Morgan fingerprint density at radius 3 is 2.04 bits per heavy atom. The molecule has 0 fully saturated rings. The zero-order chi connectivity index (χ0) is 21.4. The summed E-state index contributed by atoms with van der Waals surface area (Å²) < 4.78 is 0. The van der Waals surface area contributed by atoms with Crippen molar-refractivity contribution in [1.82, 2.24) is 9.80 Å². The van der Waals surface area contributed by atoms with Gasteiger partial charge < -0.3 is 25.7 Å². The Bertz CT molecular complexity index is 504. The Hall–Kier alpha value is -2.02. The van der Waals surface area contributed by atoms with Crippen LogP contribution in [0.5, 0.6) is 0 Å². The Morgan fingerprint density at radius 1 is 1.11 bits per heavy atom. The number of aliphatic hydroxyl groups excluding tert-OH is 1. The summed E-state index contributed by atoms with van der Waals surface area (Å²) in [6.07, 6.45) is 14.0. The molecule has 28 heavy (non-hydrogen) atoms. The normalized spacial score (nSPS) is 17.0. The van der Waals surface area contributed by atoms with E-state index in [1.54, 1.807) is 6.20 Å². The van der Waals surface area contributed by atoms with E-state index in [0.29, 0.717) is 0 Å². The van der Waals surface area contributed by atoms with Crippen molar-refractivity contribution in [1.29, 1.82) is 0 Å². The molecule has 0 aromatic rings. The number of carbonyl (C=O) groups is 1. The Morgan fingerprint density at radius 2 is 1.61 bits per heavy atom. The van der Waals surface area contributed by atoms with Gasteiger partial charge in [0.15, 0.2) is 0 Å². The summed E-state index contributed by atoms with van der Waals surface area (Å²) in [5.41, 5.74) is 6.56. The lowest BCUT2D eigenvalue weighted by Gasteiger charge is -2.24. The molecule has 1 unspecified atom stereocenters. The van der Waals surface area contributed by atoms with Gasteiger partial charge in [-0.05, 0) is 18.9 Å². The number of nitrogens with two attached hydrogens (primary N) is 1. The molecule has 1 heterocycles. The number of unbranched alkanes of at least 4 members (excludes halogenated alkanes) is 6. The standard InChI is InChI=1S/C18H33N3O.C3H7NO2/c1-3-5-7-9-13-21(14-10-8-6-4-2)15-16-11-12-20-18(19)17(16)22;1-4(2)3(5)6/h11-12,15,17,22H,3-10,13-14H2,1-2H3,(H2,19,20);1-2H3,(H,5,6). The molecule has 1 aliphatic rings. The molecule has 0 aromatic carbocycles. The maximum absolute atomic E-state index is 10.1. The van der Waals surface area contributed by atoms with Crippen molar-refractivity contribution in [2.24, 2.45) is 10.7 Å². The molecule has 0 aromatic heterocycles. The largest absolute Gasteiger partial charge is 0.465 e. The number of aliphatic imine (C=N–C) groups is 1.